The molecule has 3 heterocycles. The smallest absolute Gasteiger partial charge is 0.291 e. The normalized spacial score (nSPS) is 32.5. The van der Waals surface area contributed by atoms with Crippen LogP contribution in [0.4, 0.5) is 5.69 Å². The Morgan fingerprint density at radius 3 is 2.65 bits per heavy atom. The number of carbonyl (C=O) groups excluding carboxylic acids is 4. The van der Waals surface area contributed by atoms with Crippen LogP contribution in [-0.2, 0) is 24.7 Å². The number of nitrogens with one attached hydrogen (secondary N) is 1. The number of amides is 3. The van der Waals surface area contributed by atoms with Crippen molar-refractivity contribution in [1.82, 2.24) is 4.90 Å². The van der Waals surface area contributed by atoms with Gasteiger partial charge >= 0.3 is 0 Å². The molecule has 31 heavy (non-hydrogen) atoms. The van der Waals surface area contributed by atoms with Crippen LogP contribution >= 0.6 is 0 Å². The topological polar surface area (TPSA) is 123 Å². The molecule has 0 radical (unpaired) electrons. The predicted octanol–water partition coefficient (Wildman–Crippen LogP) is -0.448. The van der Waals surface area contributed by atoms with Crippen LogP contribution in [-0.4, -0.2) is 40.7 Å². The predicted molar refractivity (Wildman–Crippen MR) is 107 cm³/mol. The number of carboxylic acids is 1. The summed E-state index contributed by atoms with van der Waals surface area (Å²) in [5.41, 5.74) is 1.09. The summed E-state index contributed by atoms with van der Waals surface area (Å²) in [4.78, 5) is 53.3. The molecule has 1 spiro atoms. The number of rotatable bonds is 4. The summed E-state index contributed by atoms with van der Waals surface area (Å²) < 4.78 is 0. The van der Waals surface area contributed by atoms with Gasteiger partial charge in [0.2, 0.25) is 17.4 Å². The fourth-order valence-electron chi connectivity index (χ4n) is 6.35. The molecule has 4 aliphatic rings. The Kier molecular flexibility index (Phi) is 4.66. The largest absolute Gasteiger partial charge is 0.550 e. The van der Waals surface area contributed by atoms with Crippen LogP contribution in [0.15, 0.2) is 18.2 Å². The number of hydrogen-bond acceptors (Lipinski definition) is 5. The highest BCUT2D eigenvalue weighted by Gasteiger charge is 2.74. The molecule has 3 fully saturated rings. The molecule has 8 nitrogen and oxygen atoms in total. The van der Waals surface area contributed by atoms with E-state index >= 15 is 0 Å². The third-order valence-electron chi connectivity index (χ3n) is 7.68. The van der Waals surface area contributed by atoms with Crippen molar-refractivity contribution >= 4 is 29.4 Å². The maximum Gasteiger partial charge on any atom is 0.291 e. The molecule has 1 aromatic rings. The zero-order chi connectivity index (χ0) is 21.9. The van der Waals surface area contributed by atoms with Gasteiger partial charge in [-0.2, -0.15) is 0 Å². The molecule has 0 bridgehead atoms. The first-order valence-electron chi connectivity index (χ1n) is 11.2. The van der Waals surface area contributed by atoms with Crippen molar-refractivity contribution < 1.29 is 29.6 Å². The molecule has 2 saturated heterocycles. The number of carbonyl (C=O) groups is 4. The number of imide groups is 1. The lowest BCUT2D eigenvalue weighted by molar-refractivity contribution is -0.734. The van der Waals surface area contributed by atoms with Gasteiger partial charge in [-0.3, -0.25) is 19.3 Å². The van der Waals surface area contributed by atoms with Crippen molar-refractivity contribution in [2.75, 3.05) is 5.32 Å². The van der Waals surface area contributed by atoms with Gasteiger partial charge in [-0.1, -0.05) is 30.9 Å². The van der Waals surface area contributed by atoms with E-state index in [0.29, 0.717) is 5.69 Å². The summed E-state index contributed by atoms with van der Waals surface area (Å²) in [5, 5.41) is 15.9. The molecular weight excluding hydrogens is 398 g/mol. The van der Waals surface area contributed by atoms with E-state index in [1.807, 2.05) is 25.1 Å². The van der Waals surface area contributed by atoms with E-state index in [-0.39, 0.29) is 36.6 Å². The minimum atomic E-state index is -1.24. The van der Waals surface area contributed by atoms with E-state index in [0.717, 1.165) is 43.2 Å². The van der Waals surface area contributed by atoms with Crippen molar-refractivity contribution in [3.05, 3.63) is 29.3 Å². The molecule has 0 aromatic heterocycles. The number of nitrogens with two attached hydrogens (primary N) is 1. The van der Waals surface area contributed by atoms with Crippen LogP contribution < -0.4 is 15.7 Å². The zero-order valence-electron chi connectivity index (χ0n) is 17.6. The standard InChI is InChI=1S/C23H27N3O5/c1-12-7-8-15-14(11-12)23(22(31)24-15)19-18(16(25-23)9-10-17(27)28)20(29)26(21(19)30)13-5-3-2-4-6-13/h7-8,11,13,16,18-19,25H,2-6,9-10H2,1H3,(H,24,31)(H,27,28)/t16-,18-,19+,23+/m1/s1. The van der Waals surface area contributed by atoms with E-state index in [9.17, 15) is 24.3 Å². The number of carboxylic acid groups (broad SMARTS) is 1. The number of benzene rings is 1. The monoisotopic (exact) mass is 425 g/mol. The quantitative estimate of drug-likeness (QED) is 0.633. The maximum absolute atomic E-state index is 13.8. The Morgan fingerprint density at radius 2 is 1.94 bits per heavy atom. The molecule has 1 aromatic carbocycles. The van der Waals surface area contributed by atoms with Crippen LogP contribution in [0.25, 0.3) is 0 Å². The van der Waals surface area contributed by atoms with Gasteiger partial charge in [0.25, 0.3) is 5.91 Å². The Hall–Kier alpha value is -2.74. The number of fused-ring (bicyclic) bond motifs is 4. The Labute approximate surface area is 180 Å². The lowest BCUT2D eigenvalue weighted by Gasteiger charge is -2.32. The van der Waals surface area contributed by atoms with E-state index in [1.54, 1.807) is 5.32 Å². The molecule has 0 unspecified atom stereocenters. The maximum atomic E-state index is 13.8. The number of quaternary nitrogens is 1. The summed E-state index contributed by atoms with van der Waals surface area (Å²) in [6, 6.07) is 5.04. The highest BCUT2D eigenvalue weighted by atomic mass is 16.4. The van der Waals surface area contributed by atoms with E-state index in [1.165, 1.54) is 4.90 Å². The fourth-order valence-corrected chi connectivity index (χ4v) is 6.35. The number of nitrogens with zero attached hydrogens (tertiary/aromatic N) is 1. The first-order valence-corrected chi connectivity index (χ1v) is 11.2. The second kappa shape index (κ2) is 7.15. The molecule has 3 aliphatic heterocycles. The Bertz CT molecular complexity index is 985. The van der Waals surface area contributed by atoms with E-state index in [4.69, 9.17) is 0 Å². The summed E-state index contributed by atoms with van der Waals surface area (Å²) in [6.07, 6.45) is 4.60. The lowest BCUT2D eigenvalue weighted by atomic mass is 9.76. The molecule has 1 aliphatic carbocycles. The average molecular weight is 425 g/mol. The average Bonchev–Trinajstić information content (AvgIpc) is 3.32. The summed E-state index contributed by atoms with van der Waals surface area (Å²) in [6.45, 7) is 1.92. The molecule has 8 heteroatoms. The zero-order valence-corrected chi connectivity index (χ0v) is 17.6. The van der Waals surface area contributed by atoms with Crippen molar-refractivity contribution in [3.63, 3.8) is 0 Å². The van der Waals surface area contributed by atoms with Crippen LogP contribution in [0.3, 0.4) is 0 Å². The SMILES string of the molecule is Cc1ccc2c(c1)[C@@]1([NH2+][C@H](CCC(=O)[O-])[C@H]3C(=O)N(C4CCCCC4)C(=O)[C@H]31)C(=O)N2. The van der Waals surface area contributed by atoms with Gasteiger partial charge in [0, 0.05) is 24.0 Å². The van der Waals surface area contributed by atoms with Crippen molar-refractivity contribution in [2.45, 2.75) is 69.5 Å². The minimum absolute atomic E-state index is 0.125. The number of anilines is 1. The van der Waals surface area contributed by atoms with Gasteiger partial charge in [-0.15, -0.1) is 0 Å². The van der Waals surface area contributed by atoms with Gasteiger partial charge < -0.3 is 20.5 Å². The molecule has 5 rings (SSSR count). The van der Waals surface area contributed by atoms with Gasteiger partial charge in [0.1, 0.15) is 17.9 Å². The minimum Gasteiger partial charge on any atom is -0.550 e. The molecule has 164 valence electrons. The molecule has 1 saturated carbocycles. The van der Waals surface area contributed by atoms with Crippen LogP contribution in [0.5, 0.6) is 0 Å². The Balaban J connectivity index is 1.60. The molecule has 4 atom stereocenters. The van der Waals surface area contributed by atoms with Gasteiger partial charge in [0.15, 0.2) is 0 Å². The molecular formula is C23H27N3O5. The van der Waals surface area contributed by atoms with Crippen molar-refractivity contribution in [1.29, 1.82) is 0 Å². The second-order valence-corrected chi connectivity index (χ2v) is 9.46. The first-order chi connectivity index (χ1) is 14.8. The summed E-state index contributed by atoms with van der Waals surface area (Å²) >= 11 is 0. The number of aryl methyl sites for hydroxylation is 1. The third-order valence-corrected chi connectivity index (χ3v) is 7.68. The van der Waals surface area contributed by atoms with Crippen LogP contribution in [0.2, 0.25) is 0 Å². The fraction of sp³-hybridized carbons (Fsp3) is 0.565. The highest BCUT2D eigenvalue weighted by Crippen LogP contribution is 2.50. The number of hydrogen-bond donors (Lipinski definition) is 2. The molecule has 3 amide bonds. The first kappa shape index (κ1) is 20.2. The lowest BCUT2D eigenvalue weighted by Crippen LogP contribution is -2.99. The van der Waals surface area contributed by atoms with Crippen LogP contribution in [0, 0.1) is 18.8 Å². The highest BCUT2D eigenvalue weighted by molar-refractivity contribution is 6.14. The number of likely N-dealkylation sites (tertiary alicyclic amines) is 1. The van der Waals surface area contributed by atoms with Gasteiger partial charge in [-0.25, -0.2) is 0 Å². The second-order valence-electron chi connectivity index (χ2n) is 9.46. The number of aliphatic carboxylic acids is 1. The Morgan fingerprint density at radius 1 is 1.19 bits per heavy atom. The van der Waals surface area contributed by atoms with Crippen molar-refractivity contribution in [3.8, 4) is 0 Å². The summed E-state index contributed by atoms with van der Waals surface area (Å²) in [5.74, 6) is -3.54. The van der Waals surface area contributed by atoms with Gasteiger partial charge in [-0.05, 0) is 38.3 Å². The van der Waals surface area contributed by atoms with Crippen molar-refractivity contribution in [2.24, 2.45) is 11.8 Å². The van der Waals surface area contributed by atoms with Crippen LogP contribution in [0.1, 0.15) is 56.1 Å². The third kappa shape index (κ3) is 2.84. The van der Waals surface area contributed by atoms with E-state index < -0.39 is 29.4 Å². The van der Waals surface area contributed by atoms with E-state index in [2.05, 4.69) is 5.32 Å². The summed E-state index contributed by atoms with van der Waals surface area (Å²) in [7, 11) is 0. The van der Waals surface area contributed by atoms with Gasteiger partial charge in [0.05, 0.1) is 5.69 Å². The molecule has 3 N–H and O–H groups in total.